The van der Waals surface area contributed by atoms with E-state index in [9.17, 15) is 18.0 Å². The van der Waals surface area contributed by atoms with Crippen LogP contribution in [0.2, 0.25) is 0 Å². The van der Waals surface area contributed by atoms with Crippen LogP contribution in [0.3, 0.4) is 0 Å². The Balaban J connectivity index is 1.59. The number of aryl methyl sites for hydroxylation is 1. The summed E-state index contributed by atoms with van der Waals surface area (Å²) in [5.41, 5.74) is 2.39. The summed E-state index contributed by atoms with van der Waals surface area (Å²) in [4.78, 5) is 30.2. The lowest BCUT2D eigenvalue weighted by Gasteiger charge is -2.35. The van der Waals surface area contributed by atoms with Crippen LogP contribution in [-0.4, -0.2) is 56.5 Å². The average molecular weight is 656 g/mol. The van der Waals surface area contributed by atoms with Gasteiger partial charge in [0.2, 0.25) is 11.8 Å². The molecule has 0 radical (unpaired) electrons. The summed E-state index contributed by atoms with van der Waals surface area (Å²) in [5, 5.41) is 3.05. The molecule has 0 aliphatic carbocycles. The van der Waals surface area contributed by atoms with E-state index >= 15 is 0 Å². The first-order valence-corrected chi connectivity index (χ1v) is 17.0. The molecule has 1 aliphatic rings. The Labute approximate surface area is 277 Å². The van der Waals surface area contributed by atoms with E-state index in [4.69, 9.17) is 9.47 Å². The molecule has 1 N–H and O–H groups in total. The number of sulfonamides is 1. The van der Waals surface area contributed by atoms with Gasteiger partial charge >= 0.3 is 0 Å². The molecular weight excluding hydrogens is 614 g/mol. The average Bonchev–Trinajstić information content (AvgIpc) is 3.05. The van der Waals surface area contributed by atoms with Gasteiger partial charge in [0, 0.05) is 24.6 Å². The van der Waals surface area contributed by atoms with Crippen molar-refractivity contribution in [2.45, 2.75) is 57.1 Å². The second-order valence-electron chi connectivity index (χ2n) is 12.6. The van der Waals surface area contributed by atoms with Crippen molar-refractivity contribution in [1.82, 2.24) is 10.2 Å². The van der Waals surface area contributed by atoms with E-state index in [0.29, 0.717) is 24.7 Å². The highest BCUT2D eigenvalue weighted by Crippen LogP contribution is 2.36. The summed E-state index contributed by atoms with van der Waals surface area (Å²) < 4.78 is 41.0. The second kappa shape index (κ2) is 14.3. The van der Waals surface area contributed by atoms with Crippen LogP contribution in [-0.2, 0) is 32.6 Å². The summed E-state index contributed by atoms with van der Waals surface area (Å²) in [6.07, 6.45) is 0.232. The van der Waals surface area contributed by atoms with Gasteiger partial charge in [0.05, 0.1) is 10.6 Å². The third kappa shape index (κ3) is 8.51. The fourth-order valence-electron chi connectivity index (χ4n) is 5.33. The highest BCUT2D eigenvalue weighted by Gasteiger charge is 2.36. The first kappa shape index (κ1) is 33.5. The molecule has 47 heavy (non-hydrogen) atoms. The number of amides is 2. The van der Waals surface area contributed by atoms with Gasteiger partial charge < -0.3 is 19.7 Å². The Morgan fingerprint density at radius 1 is 0.809 bits per heavy atom. The van der Waals surface area contributed by atoms with Crippen LogP contribution in [0.25, 0.3) is 0 Å². The molecule has 9 nitrogen and oxygen atoms in total. The molecule has 5 rings (SSSR count). The van der Waals surface area contributed by atoms with Gasteiger partial charge in [-0.15, -0.1) is 0 Å². The van der Waals surface area contributed by atoms with Crippen LogP contribution in [0.1, 0.15) is 37.5 Å². The van der Waals surface area contributed by atoms with Gasteiger partial charge in [-0.25, -0.2) is 8.42 Å². The van der Waals surface area contributed by atoms with Crippen molar-refractivity contribution in [3.63, 3.8) is 0 Å². The quantitative estimate of drug-likeness (QED) is 0.228. The van der Waals surface area contributed by atoms with Gasteiger partial charge in [-0.3, -0.25) is 13.9 Å². The number of carbonyl (C=O) groups is 2. The highest BCUT2D eigenvalue weighted by molar-refractivity contribution is 7.92. The number of hydrogen-bond donors (Lipinski definition) is 1. The number of ether oxygens (including phenoxy) is 2. The number of carbonyl (C=O) groups excluding carboxylic acids is 2. The molecule has 1 atom stereocenters. The number of rotatable bonds is 11. The molecule has 4 aromatic carbocycles. The van der Waals surface area contributed by atoms with Crippen molar-refractivity contribution in [2.75, 3.05) is 24.1 Å². The third-order valence-electron chi connectivity index (χ3n) is 7.67. The maximum Gasteiger partial charge on any atom is 0.264 e. The maximum atomic E-state index is 14.7. The van der Waals surface area contributed by atoms with Gasteiger partial charge in [-0.1, -0.05) is 78.4 Å². The first-order chi connectivity index (χ1) is 22.4. The number of benzene rings is 4. The van der Waals surface area contributed by atoms with Crippen molar-refractivity contribution in [2.24, 2.45) is 0 Å². The number of nitrogens with zero attached hydrogens (tertiary/aromatic N) is 2. The third-order valence-corrected chi connectivity index (χ3v) is 9.45. The van der Waals surface area contributed by atoms with Crippen molar-refractivity contribution in [3.8, 4) is 11.5 Å². The lowest BCUT2D eigenvalue weighted by Crippen LogP contribution is -2.56. The maximum absolute atomic E-state index is 14.7. The van der Waals surface area contributed by atoms with Crippen molar-refractivity contribution >= 4 is 27.5 Å². The van der Waals surface area contributed by atoms with Gasteiger partial charge in [-0.2, -0.15) is 0 Å². The zero-order valence-electron chi connectivity index (χ0n) is 27.2. The Hall–Kier alpha value is -4.83. The van der Waals surface area contributed by atoms with E-state index < -0.39 is 34.1 Å². The lowest BCUT2D eigenvalue weighted by atomic mass is 10.0. The monoisotopic (exact) mass is 655 g/mol. The largest absolute Gasteiger partial charge is 0.486 e. The Bertz CT molecular complexity index is 1790. The molecule has 4 aromatic rings. The Morgan fingerprint density at radius 2 is 1.43 bits per heavy atom. The molecular formula is C37H41N3O6S. The predicted octanol–water partition coefficient (Wildman–Crippen LogP) is 5.52. The molecule has 0 saturated carbocycles. The van der Waals surface area contributed by atoms with Crippen LogP contribution >= 0.6 is 0 Å². The topological polar surface area (TPSA) is 105 Å². The van der Waals surface area contributed by atoms with E-state index in [1.807, 2.05) is 82.3 Å². The highest BCUT2D eigenvalue weighted by atomic mass is 32.2. The first-order valence-electron chi connectivity index (χ1n) is 15.6. The molecule has 0 fully saturated rings. The Kier molecular flexibility index (Phi) is 10.2. The van der Waals surface area contributed by atoms with Crippen LogP contribution in [0.4, 0.5) is 5.69 Å². The lowest BCUT2D eigenvalue weighted by molar-refractivity contribution is -0.140. The van der Waals surface area contributed by atoms with Gasteiger partial charge in [0.25, 0.3) is 10.0 Å². The smallest absolute Gasteiger partial charge is 0.264 e. The molecule has 0 spiro atoms. The molecule has 1 heterocycles. The van der Waals surface area contributed by atoms with E-state index in [1.54, 1.807) is 36.4 Å². The summed E-state index contributed by atoms with van der Waals surface area (Å²) in [7, 11) is -4.23. The molecule has 0 unspecified atom stereocenters. The summed E-state index contributed by atoms with van der Waals surface area (Å²) >= 11 is 0. The molecule has 0 bridgehead atoms. The number of nitrogens with one attached hydrogen (secondary N) is 1. The van der Waals surface area contributed by atoms with E-state index in [2.05, 4.69) is 5.32 Å². The van der Waals surface area contributed by atoms with Crippen molar-refractivity contribution in [1.29, 1.82) is 0 Å². The Morgan fingerprint density at radius 3 is 2.06 bits per heavy atom. The second-order valence-corrected chi connectivity index (χ2v) is 14.5. The number of anilines is 1. The summed E-state index contributed by atoms with van der Waals surface area (Å²) in [6.45, 7) is 7.85. The van der Waals surface area contributed by atoms with E-state index in [0.717, 1.165) is 21.0 Å². The van der Waals surface area contributed by atoms with Crippen LogP contribution < -0.4 is 19.1 Å². The minimum absolute atomic E-state index is 0.0269. The van der Waals surface area contributed by atoms with Gasteiger partial charge in [0.15, 0.2) is 11.5 Å². The summed E-state index contributed by atoms with van der Waals surface area (Å²) in [6, 6.07) is 29.0. The van der Waals surface area contributed by atoms with Crippen molar-refractivity contribution in [3.05, 3.63) is 120 Å². The van der Waals surface area contributed by atoms with E-state index in [1.165, 1.54) is 17.0 Å². The summed E-state index contributed by atoms with van der Waals surface area (Å²) in [5.74, 6) is 0.00668. The number of fused-ring (bicyclic) bond motifs is 1. The zero-order valence-corrected chi connectivity index (χ0v) is 28.0. The minimum atomic E-state index is -4.23. The molecule has 2 amide bonds. The molecule has 246 valence electrons. The standard InChI is InChI=1S/C37H41N3O6S/c1-27-15-17-29(18-16-27)25-39(32(36(42)38-37(2,3)4)23-28-11-7-5-8-12-28)35(41)26-40(47(43,44)31-13-9-6-10-14-31)30-19-20-33-34(24-30)46-22-21-45-33/h5-20,24,32H,21-23,25-26H2,1-4H3,(H,38,42)/t32-/m1/s1. The van der Waals surface area contributed by atoms with E-state index in [-0.39, 0.29) is 29.5 Å². The molecule has 0 aromatic heterocycles. The SMILES string of the molecule is Cc1ccc(CN(C(=O)CN(c2ccc3c(c2)OCCO3)S(=O)(=O)c2ccccc2)[C@H](Cc2ccccc2)C(=O)NC(C)(C)C)cc1. The molecule has 1 aliphatic heterocycles. The van der Waals surface area contributed by atoms with Crippen molar-refractivity contribution < 1.29 is 27.5 Å². The van der Waals surface area contributed by atoms with Crippen LogP contribution in [0.15, 0.2) is 108 Å². The normalized spacial score (nSPS) is 13.4. The number of hydrogen-bond acceptors (Lipinski definition) is 6. The fraction of sp³-hybridized carbons (Fsp3) is 0.297. The molecule has 0 saturated heterocycles. The van der Waals surface area contributed by atoms with Gasteiger partial charge in [0.1, 0.15) is 25.8 Å². The zero-order chi connectivity index (χ0) is 33.6. The van der Waals surface area contributed by atoms with Crippen LogP contribution in [0.5, 0.6) is 11.5 Å². The van der Waals surface area contributed by atoms with Crippen LogP contribution in [0, 0.1) is 6.92 Å². The molecule has 10 heteroatoms. The fourth-order valence-corrected chi connectivity index (χ4v) is 6.76. The van der Waals surface area contributed by atoms with Gasteiger partial charge in [-0.05, 0) is 63.1 Å². The minimum Gasteiger partial charge on any atom is -0.486 e. The predicted molar refractivity (Wildman–Crippen MR) is 182 cm³/mol.